The van der Waals surface area contributed by atoms with Crippen LogP contribution in [0.5, 0.6) is 0 Å². The summed E-state index contributed by atoms with van der Waals surface area (Å²) in [5.41, 5.74) is 0. The molecule has 0 saturated heterocycles. The molecule has 0 aliphatic rings. The molecule has 0 heterocycles. The summed E-state index contributed by atoms with van der Waals surface area (Å²) in [5.74, 6) is 0. The summed E-state index contributed by atoms with van der Waals surface area (Å²) in [6.07, 6.45) is 0. The Kier molecular flexibility index (Phi) is 2.66. The van der Waals surface area contributed by atoms with Gasteiger partial charge in [-0.25, -0.2) is 0 Å². The largest absolute Gasteiger partial charge is 0.397 e. The monoisotopic (exact) mass is 106 g/mol. The van der Waals surface area contributed by atoms with Gasteiger partial charge in [0.05, 0.1) is 0 Å². The van der Waals surface area contributed by atoms with E-state index in [0.29, 0.717) is 6.54 Å². The highest BCUT2D eigenvalue weighted by Gasteiger charge is 1.74. The van der Waals surface area contributed by atoms with Crippen LogP contribution in [0.4, 0.5) is 0 Å². The van der Waals surface area contributed by atoms with Gasteiger partial charge in [-0.2, -0.15) is 4.10 Å². The summed E-state index contributed by atoms with van der Waals surface area (Å²) >= 11 is 4.36. The quantitative estimate of drug-likeness (QED) is 0.226. The minimum Gasteiger partial charge on any atom is -0.397 e. The van der Waals surface area contributed by atoms with Crippen LogP contribution < -0.4 is 0 Å². The zero-order valence-electron chi connectivity index (χ0n) is 3.46. The van der Waals surface area contributed by atoms with Gasteiger partial charge < -0.3 is 18.0 Å². The van der Waals surface area contributed by atoms with Crippen molar-refractivity contribution in [3.8, 4) is 0 Å². The topological polar surface area (TPSA) is 35.6 Å². The average molecular weight is 106 g/mol. The molecule has 0 radical (unpaired) electrons. The van der Waals surface area contributed by atoms with E-state index in [-0.39, 0.29) is 0 Å². The Balaban J connectivity index is 3.22. The number of hydrogen-bond donors (Lipinski definition) is 1. The van der Waals surface area contributed by atoms with Gasteiger partial charge in [0.15, 0.2) is 11.8 Å². The molecule has 36 valence electrons. The Labute approximate surface area is 41.8 Å². The van der Waals surface area contributed by atoms with Crippen LogP contribution in [-0.2, 0) is 12.8 Å². The second-order valence-electron chi connectivity index (χ2n) is 0.758. The molecule has 0 amide bonds. The zero-order valence-corrected chi connectivity index (χ0v) is 4.27. The van der Waals surface area contributed by atoms with Gasteiger partial charge in [-0.15, -0.1) is 0 Å². The van der Waals surface area contributed by atoms with Gasteiger partial charge in [-0.05, 0) is 6.92 Å². The van der Waals surface area contributed by atoms with Gasteiger partial charge in [0.2, 0.25) is 0 Å². The first-order valence-electron chi connectivity index (χ1n) is 1.61. The maximum Gasteiger partial charge on any atom is 0.167 e. The van der Waals surface area contributed by atoms with Crippen LogP contribution in [0.15, 0.2) is 5.28 Å². The van der Waals surface area contributed by atoms with E-state index in [0.717, 1.165) is 4.10 Å². The predicted octanol–water partition coefficient (Wildman–Crippen LogP) is 0.322. The van der Waals surface area contributed by atoms with E-state index in [1.165, 1.54) is 0 Å². The molecule has 4 heteroatoms. The van der Waals surface area contributed by atoms with Gasteiger partial charge in [-0.3, -0.25) is 0 Å². The molecule has 1 N–H and O–H groups in total. The molecule has 0 aliphatic carbocycles. The lowest BCUT2D eigenvalue weighted by Gasteiger charge is -1.88. The fourth-order valence-corrected chi connectivity index (χ4v) is 0.0632. The van der Waals surface area contributed by atoms with Crippen LogP contribution >= 0.6 is 0 Å². The lowest BCUT2D eigenvalue weighted by Crippen LogP contribution is -1.96. The highest BCUT2D eigenvalue weighted by molar-refractivity contribution is 7.51. The van der Waals surface area contributed by atoms with Crippen molar-refractivity contribution in [2.75, 3.05) is 6.54 Å². The van der Waals surface area contributed by atoms with Crippen molar-refractivity contribution < 1.29 is 9.31 Å². The van der Waals surface area contributed by atoms with Gasteiger partial charge in [0.1, 0.15) is 0 Å². The normalized spacial score (nSPS) is 11.8. The van der Waals surface area contributed by atoms with E-state index in [1.807, 2.05) is 0 Å². The minimum atomic E-state index is 0.561. The first kappa shape index (κ1) is 5.62. The number of rotatable bonds is 1. The summed E-state index contributed by atoms with van der Waals surface area (Å²) in [7, 11) is 0. The third-order valence-corrected chi connectivity index (χ3v) is 0.702. The van der Waals surface area contributed by atoms with Crippen molar-refractivity contribution in [1.29, 1.82) is 0 Å². The van der Waals surface area contributed by atoms with Crippen LogP contribution in [0.2, 0.25) is 0 Å². The van der Waals surface area contributed by atoms with Gasteiger partial charge in [0, 0.05) is 0 Å². The molecule has 3 nitrogen and oxygen atoms in total. The maximum absolute atomic E-state index is 7.78. The van der Waals surface area contributed by atoms with Gasteiger partial charge in [-0.1, -0.05) is 0 Å². The summed E-state index contributed by atoms with van der Waals surface area (Å²) in [6, 6.07) is 0. The molecule has 0 rings (SSSR count). The van der Waals surface area contributed by atoms with Crippen molar-refractivity contribution in [3.05, 3.63) is 0 Å². The van der Waals surface area contributed by atoms with Crippen molar-refractivity contribution in [2.45, 2.75) is 6.92 Å². The third kappa shape index (κ3) is 1.90. The molecule has 0 unspecified atom stereocenters. The number of hydrogen-bond acceptors (Lipinski definition) is 2. The second-order valence-corrected chi connectivity index (χ2v) is 1.18. The minimum absolute atomic E-state index is 0.561. The lowest BCUT2D eigenvalue weighted by molar-refractivity contribution is -0.454. The average Bonchev–Trinajstić information content (AvgIpc) is 1.65. The Morgan fingerprint density at radius 3 is 2.50 bits per heavy atom. The van der Waals surface area contributed by atoms with E-state index in [4.69, 9.17) is 5.21 Å². The lowest BCUT2D eigenvalue weighted by atomic mass is 10.8. The van der Waals surface area contributed by atoms with Crippen molar-refractivity contribution in [3.63, 3.8) is 0 Å². The Morgan fingerprint density at radius 1 is 2.00 bits per heavy atom. The molecule has 0 aliphatic heterocycles. The Hall–Kier alpha value is -0.380. The van der Waals surface area contributed by atoms with Crippen molar-refractivity contribution in [2.24, 2.45) is 5.28 Å². The fourth-order valence-electron chi connectivity index (χ4n) is 0.0632. The predicted molar refractivity (Wildman–Crippen MR) is 22.4 cm³/mol. The molecule has 0 bridgehead atoms. The molecular weight excluding hydrogens is 100 g/mol. The first-order valence-corrected chi connectivity index (χ1v) is 1.97. The van der Waals surface area contributed by atoms with Crippen LogP contribution in [0.1, 0.15) is 6.92 Å². The molecule has 0 fully saturated rings. The van der Waals surface area contributed by atoms with E-state index in [2.05, 4.69) is 18.1 Å². The van der Waals surface area contributed by atoms with E-state index >= 15 is 0 Å². The van der Waals surface area contributed by atoms with E-state index in [1.54, 1.807) is 6.92 Å². The highest BCUT2D eigenvalue weighted by atomic mass is 32.1. The molecular formula is C2H6N2OS. The third-order valence-electron chi connectivity index (χ3n) is 0.370. The SMILES string of the molecule is CC[N+]([S-])=NO. The standard InChI is InChI=1S/C2H6N2OS/c1-2-4(6)3-5/h5H,2H2,1H3. The molecule has 0 saturated carbocycles. The van der Waals surface area contributed by atoms with Crippen molar-refractivity contribution in [1.82, 2.24) is 0 Å². The zero-order chi connectivity index (χ0) is 4.99. The smallest absolute Gasteiger partial charge is 0.167 e. The van der Waals surface area contributed by atoms with Crippen LogP contribution in [0.25, 0.3) is 0 Å². The van der Waals surface area contributed by atoms with Crippen LogP contribution in [0.3, 0.4) is 0 Å². The van der Waals surface area contributed by atoms with Crippen LogP contribution in [-0.4, -0.2) is 15.9 Å². The fraction of sp³-hybridized carbons (Fsp3) is 1.00. The Bertz CT molecular complexity index is 62.6. The van der Waals surface area contributed by atoms with Crippen LogP contribution in [0, 0.1) is 0 Å². The molecule has 0 aromatic heterocycles. The highest BCUT2D eigenvalue weighted by Crippen LogP contribution is 1.65. The second kappa shape index (κ2) is 2.84. The molecule has 0 aromatic carbocycles. The maximum atomic E-state index is 7.78. The Morgan fingerprint density at radius 2 is 2.50 bits per heavy atom. The van der Waals surface area contributed by atoms with Gasteiger partial charge in [0.25, 0.3) is 0 Å². The molecule has 0 atom stereocenters. The first-order chi connectivity index (χ1) is 2.81. The van der Waals surface area contributed by atoms with Gasteiger partial charge >= 0.3 is 0 Å². The van der Waals surface area contributed by atoms with E-state index < -0.39 is 0 Å². The molecule has 0 spiro atoms. The summed E-state index contributed by atoms with van der Waals surface area (Å²) in [6.45, 7) is 2.36. The summed E-state index contributed by atoms with van der Waals surface area (Å²) < 4.78 is 1.01. The summed E-state index contributed by atoms with van der Waals surface area (Å²) in [5, 5.41) is 10.4. The number of nitrogens with zero attached hydrogens (tertiary/aromatic N) is 2. The summed E-state index contributed by atoms with van der Waals surface area (Å²) in [4.78, 5) is 0. The van der Waals surface area contributed by atoms with Crippen molar-refractivity contribution >= 4 is 12.8 Å². The van der Waals surface area contributed by atoms with E-state index in [9.17, 15) is 0 Å². The molecule has 6 heavy (non-hydrogen) atoms. The molecule has 0 aromatic rings.